The molecular weight excluding hydrogens is 507 g/mol. The average molecular weight is 524 g/mol. The zero-order valence-electron chi connectivity index (χ0n) is 15.8. The Balaban J connectivity index is 1.88. The van der Waals surface area contributed by atoms with Gasteiger partial charge in [0.25, 0.3) is 5.91 Å². The molecule has 0 unspecified atom stereocenters. The lowest BCUT2D eigenvalue weighted by atomic mass is 10.2. The summed E-state index contributed by atoms with van der Waals surface area (Å²) in [4.78, 5) is 30.6. The minimum absolute atomic E-state index is 0.0652. The summed E-state index contributed by atoms with van der Waals surface area (Å²) in [5, 5.41) is 10.5. The summed E-state index contributed by atoms with van der Waals surface area (Å²) in [6.07, 6.45) is 1.73. The molecule has 1 heterocycles. The number of methoxy groups -OCH3 is 2. The van der Waals surface area contributed by atoms with E-state index in [9.17, 15) is 14.7 Å². The maximum Gasteiger partial charge on any atom is 0.337 e. The second-order valence-corrected chi connectivity index (χ2v) is 8.13. The lowest BCUT2D eigenvalue weighted by Crippen LogP contribution is -2.23. The highest BCUT2D eigenvalue weighted by atomic mass is 127. The Morgan fingerprint density at radius 1 is 1.24 bits per heavy atom. The van der Waals surface area contributed by atoms with Crippen molar-refractivity contribution in [3.8, 4) is 11.5 Å². The highest BCUT2D eigenvalue weighted by molar-refractivity contribution is 14.1. The van der Waals surface area contributed by atoms with Crippen LogP contribution in [-0.4, -0.2) is 48.3 Å². The molecule has 2 aromatic carbocycles. The number of halogens is 1. The van der Waals surface area contributed by atoms with Gasteiger partial charge in [0.2, 0.25) is 0 Å². The first-order valence-electron chi connectivity index (χ1n) is 8.35. The number of carbonyl (C=O) groups is 2. The molecule has 1 N–H and O–H groups in total. The Morgan fingerprint density at radius 3 is 2.55 bits per heavy atom. The molecule has 2 aromatic rings. The smallest absolute Gasteiger partial charge is 0.337 e. The Bertz CT molecular complexity index is 1030. The number of aromatic hydroxyl groups is 1. The number of thioether (sulfide) groups is 1. The number of rotatable bonds is 4. The van der Waals surface area contributed by atoms with Crippen LogP contribution < -0.4 is 4.74 Å². The number of carbonyl (C=O) groups excluding carboxylic acids is 2. The summed E-state index contributed by atoms with van der Waals surface area (Å²) >= 11 is 3.25. The molecule has 0 spiro atoms. The van der Waals surface area contributed by atoms with Crippen LogP contribution in [0.15, 0.2) is 46.3 Å². The van der Waals surface area contributed by atoms with Crippen molar-refractivity contribution in [1.29, 1.82) is 0 Å². The van der Waals surface area contributed by atoms with Crippen LogP contribution in [0.5, 0.6) is 11.5 Å². The minimum Gasteiger partial charge on any atom is -0.504 e. The van der Waals surface area contributed by atoms with Crippen LogP contribution in [0.3, 0.4) is 0 Å². The van der Waals surface area contributed by atoms with Gasteiger partial charge >= 0.3 is 5.97 Å². The van der Waals surface area contributed by atoms with Crippen molar-refractivity contribution < 1.29 is 24.2 Å². The summed E-state index contributed by atoms with van der Waals surface area (Å²) in [5.74, 6) is -0.194. The maximum atomic E-state index is 12.6. The highest BCUT2D eigenvalue weighted by Gasteiger charge is 2.30. The van der Waals surface area contributed by atoms with Crippen LogP contribution in [0.1, 0.15) is 15.9 Å². The van der Waals surface area contributed by atoms with Crippen molar-refractivity contribution >= 4 is 63.2 Å². The number of phenolic OH excluding ortho intramolecular Hbond substituents is 1. The molecular formula is C20H17IN2O5S. The topological polar surface area (TPSA) is 88.4 Å². The second-order valence-electron chi connectivity index (χ2n) is 5.96. The lowest BCUT2D eigenvalue weighted by Gasteiger charge is -2.07. The Labute approximate surface area is 185 Å². The van der Waals surface area contributed by atoms with Crippen molar-refractivity contribution in [2.24, 2.45) is 4.99 Å². The molecule has 29 heavy (non-hydrogen) atoms. The monoisotopic (exact) mass is 524 g/mol. The molecule has 0 radical (unpaired) electrons. The molecule has 7 nitrogen and oxygen atoms in total. The zero-order valence-corrected chi connectivity index (χ0v) is 18.8. The first kappa shape index (κ1) is 21.2. The largest absolute Gasteiger partial charge is 0.504 e. The van der Waals surface area contributed by atoms with Crippen molar-refractivity contribution in [3.63, 3.8) is 0 Å². The van der Waals surface area contributed by atoms with Crippen molar-refractivity contribution in [2.75, 3.05) is 21.3 Å². The van der Waals surface area contributed by atoms with Crippen LogP contribution in [0.25, 0.3) is 6.08 Å². The fourth-order valence-corrected chi connectivity index (χ4v) is 4.15. The number of likely N-dealkylation sites (N-methyl/N-ethyl adjacent to an activating group) is 1. The molecule has 1 fully saturated rings. The molecule has 0 bridgehead atoms. The molecule has 1 aliphatic rings. The number of benzene rings is 2. The minimum atomic E-state index is -0.420. The first-order chi connectivity index (χ1) is 13.8. The van der Waals surface area contributed by atoms with Gasteiger partial charge in [-0.1, -0.05) is 0 Å². The Kier molecular flexibility index (Phi) is 6.48. The van der Waals surface area contributed by atoms with Crippen LogP contribution in [0.4, 0.5) is 5.69 Å². The second kappa shape index (κ2) is 8.87. The fourth-order valence-electron chi connectivity index (χ4n) is 2.54. The molecule has 1 amide bonds. The van der Waals surface area contributed by atoms with E-state index in [1.165, 1.54) is 30.9 Å². The molecule has 150 valence electrons. The van der Waals surface area contributed by atoms with Crippen LogP contribution >= 0.6 is 34.4 Å². The average Bonchev–Trinajstić information content (AvgIpc) is 2.98. The predicted molar refractivity (Wildman–Crippen MR) is 121 cm³/mol. The molecule has 0 saturated carbocycles. The summed E-state index contributed by atoms with van der Waals surface area (Å²) < 4.78 is 10.5. The van der Waals surface area contributed by atoms with Gasteiger partial charge in [0, 0.05) is 7.05 Å². The summed E-state index contributed by atoms with van der Waals surface area (Å²) in [7, 11) is 4.45. The third-order valence-electron chi connectivity index (χ3n) is 4.09. The quantitative estimate of drug-likeness (QED) is 0.369. The zero-order chi connectivity index (χ0) is 21.1. The van der Waals surface area contributed by atoms with E-state index >= 15 is 0 Å². The predicted octanol–water partition coefficient (Wildman–Crippen LogP) is 4.03. The number of nitrogens with zero attached hydrogens (tertiary/aromatic N) is 2. The van der Waals surface area contributed by atoms with E-state index in [0.29, 0.717) is 30.6 Å². The summed E-state index contributed by atoms with van der Waals surface area (Å²) in [5.41, 5.74) is 1.77. The highest BCUT2D eigenvalue weighted by Crippen LogP contribution is 2.36. The molecule has 1 aliphatic heterocycles. The van der Waals surface area contributed by atoms with Gasteiger partial charge in [-0.3, -0.25) is 9.69 Å². The number of hydrogen-bond acceptors (Lipinski definition) is 7. The first-order valence-corrected chi connectivity index (χ1v) is 10.2. The number of amides is 1. The van der Waals surface area contributed by atoms with Crippen LogP contribution in [-0.2, 0) is 9.53 Å². The molecule has 0 aromatic heterocycles. The van der Waals surface area contributed by atoms with Gasteiger partial charge in [0.15, 0.2) is 16.7 Å². The molecule has 0 aliphatic carbocycles. The fraction of sp³-hybridized carbons (Fsp3) is 0.150. The van der Waals surface area contributed by atoms with Crippen LogP contribution in [0, 0.1) is 3.57 Å². The number of amidine groups is 1. The van der Waals surface area contributed by atoms with Gasteiger partial charge in [0.1, 0.15) is 0 Å². The van der Waals surface area contributed by atoms with Crippen molar-refractivity contribution in [3.05, 3.63) is 56.0 Å². The van der Waals surface area contributed by atoms with Gasteiger partial charge in [-0.25, -0.2) is 9.79 Å². The van der Waals surface area contributed by atoms with Gasteiger partial charge < -0.3 is 14.6 Å². The third-order valence-corrected chi connectivity index (χ3v) is 5.97. The standard InChI is InChI=1S/C20H17IN2O5S/c1-23-18(25)16(10-11-8-14(21)17(24)15(9-11)27-2)29-20(23)22-13-6-4-12(5-7-13)19(26)28-3/h4-10,24H,1-3H3. The van der Waals surface area contributed by atoms with E-state index in [2.05, 4.69) is 9.73 Å². The van der Waals surface area contributed by atoms with E-state index in [-0.39, 0.29) is 11.7 Å². The van der Waals surface area contributed by atoms with Crippen molar-refractivity contribution in [2.45, 2.75) is 0 Å². The normalized spacial score (nSPS) is 16.6. The van der Waals surface area contributed by atoms with Gasteiger partial charge in [0.05, 0.1) is 33.9 Å². The van der Waals surface area contributed by atoms with Gasteiger partial charge in [-0.2, -0.15) is 0 Å². The van der Waals surface area contributed by atoms with Gasteiger partial charge in [-0.05, 0) is 82.4 Å². The number of hydrogen-bond donors (Lipinski definition) is 1. The van der Waals surface area contributed by atoms with Crippen molar-refractivity contribution in [1.82, 2.24) is 4.90 Å². The Morgan fingerprint density at radius 2 is 1.93 bits per heavy atom. The maximum absolute atomic E-state index is 12.6. The van der Waals surface area contributed by atoms with E-state index < -0.39 is 5.97 Å². The number of esters is 1. The summed E-state index contributed by atoms with van der Waals surface area (Å²) in [6, 6.07) is 10.0. The molecule has 0 atom stereocenters. The van der Waals surface area contributed by atoms with E-state index in [4.69, 9.17) is 4.74 Å². The lowest BCUT2D eigenvalue weighted by molar-refractivity contribution is -0.121. The number of phenols is 1. The molecule has 9 heteroatoms. The van der Waals surface area contributed by atoms with E-state index in [0.717, 1.165) is 5.56 Å². The van der Waals surface area contributed by atoms with E-state index in [1.807, 2.05) is 22.6 Å². The molecule has 3 rings (SSSR count). The number of ether oxygens (including phenoxy) is 2. The van der Waals surface area contributed by atoms with Crippen LogP contribution in [0.2, 0.25) is 0 Å². The van der Waals surface area contributed by atoms with Gasteiger partial charge in [-0.15, -0.1) is 0 Å². The third kappa shape index (κ3) is 4.56. The SMILES string of the molecule is COC(=O)c1ccc(N=C2SC(=Cc3cc(I)c(O)c(OC)c3)C(=O)N2C)cc1. The Hall–Kier alpha value is -2.53. The van der Waals surface area contributed by atoms with E-state index in [1.54, 1.807) is 49.5 Å². The summed E-state index contributed by atoms with van der Waals surface area (Å²) in [6.45, 7) is 0. The number of aliphatic imine (C=N–C) groups is 1. The molecule has 1 saturated heterocycles.